The second-order valence-corrected chi connectivity index (χ2v) is 7.46. The minimum atomic E-state index is 0.0549. The van der Waals surface area contributed by atoms with Crippen molar-refractivity contribution in [2.75, 3.05) is 18.8 Å². The van der Waals surface area contributed by atoms with E-state index < -0.39 is 0 Å². The lowest BCUT2D eigenvalue weighted by Gasteiger charge is -2.34. The van der Waals surface area contributed by atoms with Crippen LogP contribution in [-0.2, 0) is 0 Å². The van der Waals surface area contributed by atoms with Crippen LogP contribution in [0.4, 0.5) is 5.82 Å². The van der Waals surface area contributed by atoms with Crippen molar-refractivity contribution < 1.29 is 4.79 Å². The first-order chi connectivity index (χ1) is 10.0. The number of carbonyl (C=O) groups is 1. The van der Waals surface area contributed by atoms with Gasteiger partial charge in [0, 0.05) is 29.0 Å². The van der Waals surface area contributed by atoms with Gasteiger partial charge in [-0.25, -0.2) is 4.98 Å². The van der Waals surface area contributed by atoms with Gasteiger partial charge >= 0.3 is 0 Å². The van der Waals surface area contributed by atoms with Crippen LogP contribution in [-0.4, -0.2) is 39.4 Å². The van der Waals surface area contributed by atoms with Gasteiger partial charge in [-0.15, -0.1) is 0 Å². The van der Waals surface area contributed by atoms with E-state index in [0.29, 0.717) is 21.9 Å². The summed E-state index contributed by atoms with van der Waals surface area (Å²) >= 11 is 1.93. The Morgan fingerprint density at radius 3 is 2.67 bits per heavy atom. The molecule has 1 saturated heterocycles. The molecule has 1 aromatic carbocycles. The SMILES string of the molecule is CC1CN(C(=O)c2cc(N)nc3ccccc23)CC(C)S1. The van der Waals surface area contributed by atoms with Crippen molar-refractivity contribution in [1.82, 2.24) is 9.88 Å². The second kappa shape index (κ2) is 5.56. The van der Waals surface area contributed by atoms with E-state index in [-0.39, 0.29) is 5.91 Å². The van der Waals surface area contributed by atoms with E-state index in [1.54, 1.807) is 6.07 Å². The van der Waals surface area contributed by atoms with Gasteiger partial charge in [-0.1, -0.05) is 32.0 Å². The van der Waals surface area contributed by atoms with Gasteiger partial charge < -0.3 is 10.6 Å². The van der Waals surface area contributed by atoms with Crippen molar-refractivity contribution in [3.63, 3.8) is 0 Å². The number of fused-ring (bicyclic) bond motifs is 1. The first kappa shape index (κ1) is 14.2. The second-order valence-electron chi connectivity index (χ2n) is 5.58. The lowest BCUT2D eigenvalue weighted by Crippen LogP contribution is -2.44. The zero-order chi connectivity index (χ0) is 15.0. The Balaban J connectivity index is 2.01. The molecule has 1 aliphatic rings. The van der Waals surface area contributed by atoms with Gasteiger partial charge in [0.2, 0.25) is 0 Å². The quantitative estimate of drug-likeness (QED) is 0.880. The highest BCUT2D eigenvalue weighted by Crippen LogP contribution is 2.27. The molecule has 1 fully saturated rings. The van der Waals surface area contributed by atoms with Crippen molar-refractivity contribution >= 4 is 34.4 Å². The minimum absolute atomic E-state index is 0.0549. The molecule has 1 aromatic heterocycles. The molecule has 2 aromatic rings. The van der Waals surface area contributed by atoms with E-state index >= 15 is 0 Å². The zero-order valence-electron chi connectivity index (χ0n) is 12.2. The molecule has 2 unspecified atom stereocenters. The number of benzene rings is 1. The third-order valence-electron chi connectivity index (χ3n) is 3.67. The van der Waals surface area contributed by atoms with Gasteiger partial charge in [-0.05, 0) is 12.1 Å². The van der Waals surface area contributed by atoms with E-state index in [1.807, 2.05) is 40.9 Å². The highest BCUT2D eigenvalue weighted by molar-refractivity contribution is 8.00. The largest absolute Gasteiger partial charge is 0.384 e. The molecule has 0 aliphatic carbocycles. The summed E-state index contributed by atoms with van der Waals surface area (Å²) in [4.78, 5) is 19.1. The van der Waals surface area contributed by atoms with E-state index in [4.69, 9.17) is 5.73 Å². The Morgan fingerprint density at radius 2 is 1.95 bits per heavy atom. The summed E-state index contributed by atoms with van der Waals surface area (Å²) < 4.78 is 0. The van der Waals surface area contributed by atoms with Crippen molar-refractivity contribution in [2.24, 2.45) is 0 Å². The Hall–Kier alpha value is -1.75. The number of carbonyl (C=O) groups excluding carboxylic acids is 1. The monoisotopic (exact) mass is 301 g/mol. The molecule has 2 N–H and O–H groups in total. The Kier molecular flexibility index (Phi) is 3.76. The minimum Gasteiger partial charge on any atom is -0.384 e. The molecule has 0 saturated carbocycles. The molecular formula is C16H19N3OS. The van der Waals surface area contributed by atoms with Crippen LogP contribution in [0, 0.1) is 0 Å². The summed E-state index contributed by atoms with van der Waals surface area (Å²) in [6.07, 6.45) is 0. The molecule has 1 amide bonds. The molecule has 4 nitrogen and oxygen atoms in total. The van der Waals surface area contributed by atoms with Crippen LogP contribution >= 0.6 is 11.8 Å². The Labute approximate surface area is 128 Å². The molecule has 0 bridgehead atoms. The number of thioether (sulfide) groups is 1. The Morgan fingerprint density at radius 1 is 1.29 bits per heavy atom. The fourth-order valence-corrected chi connectivity index (χ4v) is 4.21. The molecule has 2 heterocycles. The number of aromatic nitrogens is 1. The van der Waals surface area contributed by atoms with Crippen LogP contribution in [0.5, 0.6) is 0 Å². The number of anilines is 1. The van der Waals surface area contributed by atoms with E-state index in [1.165, 1.54) is 0 Å². The molecular weight excluding hydrogens is 282 g/mol. The predicted octanol–water partition coefficient (Wildman–Crippen LogP) is 2.78. The normalized spacial score (nSPS) is 22.5. The van der Waals surface area contributed by atoms with Gasteiger partial charge in [0.15, 0.2) is 0 Å². The summed E-state index contributed by atoms with van der Waals surface area (Å²) in [7, 11) is 0. The van der Waals surface area contributed by atoms with Crippen LogP contribution in [0.2, 0.25) is 0 Å². The molecule has 3 rings (SSSR count). The summed E-state index contributed by atoms with van der Waals surface area (Å²) in [5.74, 6) is 0.448. The number of nitrogen functional groups attached to an aromatic ring is 1. The van der Waals surface area contributed by atoms with Crippen LogP contribution < -0.4 is 5.73 Å². The van der Waals surface area contributed by atoms with Crippen molar-refractivity contribution in [1.29, 1.82) is 0 Å². The topological polar surface area (TPSA) is 59.2 Å². The van der Waals surface area contributed by atoms with Gasteiger partial charge in [0.25, 0.3) is 5.91 Å². The number of hydrogen-bond donors (Lipinski definition) is 1. The standard InChI is InChI=1S/C16H19N3OS/c1-10-8-19(9-11(2)21-10)16(20)13-7-15(17)18-14-6-4-3-5-12(13)14/h3-7,10-11H,8-9H2,1-2H3,(H2,17,18). The molecule has 0 radical (unpaired) electrons. The van der Waals surface area contributed by atoms with E-state index in [0.717, 1.165) is 24.0 Å². The number of para-hydroxylation sites is 1. The molecule has 1 aliphatic heterocycles. The zero-order valence-corrected chi connectivity index (χ0v) is 13.1. The average molecular weight is 301 g/mol. The number of rotatable bonds is 1. The Bertz CT molecular complexity index is 678. The number of nitrogens with zero attached hydrogens (tertiary/aromatic N) is 2. The predicted molar refractivity (Wildman–Crippen MR) is 88.6 cm³/mol. The van der Waals surface area contributed by atoms with Gasteiger partial charge in [0.1, 0.15) is 5.82 Å². The summed E-state index contributed by atoms with van der Waals surface area (Å²) in [6, 6.07) is 9.35. The molecule has 21 heavy (non-hydrogen) atoms. The van der Waals surface area contributed by atoms with Crippen LogP contribution in [0.1, 0.15) is 24.2 Å². The smallest absolute Gasteiger partial charge is 0.254 e. The maximum absolute atomic E-state index is 12.9. The number of nitrogens with two attached hydrogens (primary N) is 1. The number of hydrogen-bond acceptors (Lipinski definition) is 4. The molecule has 110 valence electrons. The van der Waals surface area contributed by atoms with Gasteiger partial charge in [-0.2, -0.15) is 11.8 Å². The number of pyridine rings is 1. The lowest BCUT2D eigenvalue weighted by molar-refractivity contribution is 0.0755. The van der Waals surface area contributed by atoms with Gasteiger partial charge in [-0.3, -0.25) is 4.79 Å². The lowest BCUT2D eigenvalue weighted by atomic mass is 10.1. The maximum atomic E-state index is 12.9. The summed E-state index contributed by atoms with van der Waals surface area (Å²) in [5.41, 5.74) is 7.29. The van der Waals surface area contributed by atoms with Crippen LogP contribution in [0.15, 0.2) is 30.3 Å². The third kappa shape index (κ3) is 2.83. The fourth-order valence-electron chi connectivity index (χ4n) is 2.89. The fraction of sp³-hybridized carbons (Fsp3) is 0.375. The maximum Gasteiger partial charge on any atom is 0.254 e. The van der Waals surface area contributed by atoms with Crippen LogP contribution in [0.3, 0.4) is 0 Å². The first-order valence-corrected chi connectivity index (χ1v) is 8.09. The molecule has 2 atom stereocenters. The van der Waals surface area contributed by atoms with E-state index in [2.05, 4.69) is 18.8 Å². The van der Waals surface area contributed by atoms with Gasteiger partial charge in [0.05, 0.1) is 11.1 Å². The summed E-state index contributed by atoms with van der Waals surface area (Å²) in [5, 5.41) is 1.79. The molecule has 5 heteroatoms. The molecule has 0 spiro atoms. The highest BCUT2D eigenvalue weighted by atomic mass is 32.2. The van der Waals surface area contributed by atoms with Crippen molar-refractivity contribution in [3.05, 3.63) is 35.9 Å². The number of amides is 1. The summed E-state index contributed by atoms with van der Waals surface area (Å²) in [6.45, 7) is 5.90. The van der Waals surface area contributed by atoms with Crippen LogP contribution in [0.25, 0.3) is 10.9 Å². The average Bonchev–Trinajstić information content (AvgIpc) is 2.44. The first-order valence-electron chi connectivity index (χ1n) is 7.14. The van der Waals surface area contributed by atoms with Crippen molar-refractivity contribution in [3.8, 4) is 0 Å². The van der Waals surface area contributed by atoms with Crippen molar-refractivity contribution in [2.45, 2.75) is 24.3 Å². The third-order valence-corrected chi connectivity index (χ3v) is 4.90. The highest BCUT2D eigenvalue weighted by Gasteiger charge is 2.27. The van der Waals surface area contributed by atoms with E-state index in [9.17, 15) is 4.79 Å².